The molecular weight excluding hydrogens is 1280 g/mol. The number of ether oxygens (including phenoxy) is 4. The molecule has 19 heteroatoms. The Hall–Kier alpha value is -1.94. The van der Waals surface area contributed by atoms with Gasteiger partial charge in [-0.3, -0.25) is 37.3 Å². The molecule has 0 aromatic carbocycles. The molecule has 3 N–H and O–H groups in total. The SMILES string of the molecule is CCC(C)CCCCCCCCCCCCCCCCCCCCC(=O)O[C@H](COC(=O)CCCCCCCCC(C)C)COP(=O)(O)OC[C@H](O)COP(=O)(O)OC[C@@H](COC(=O)CCCCCCCCCCCCC(C)C)OC(=O)CCCCCCCCCCCCCC(C)C. The van der Waals surface area contributed by atoms with Crippen LogP contribution in [0.5, 0.6) is 0 Å². The molecule has 0 spiro atoms. The molecule has 0 aromatic heterocycles. The Morgan fingerprint density at radius 3 is 0.724 bits per heavy atom. The molecule has 0 aromatic rings. The standard InChI is InChI=1S/C79H154O17P2/c1-9-72(8)58-50-42-33-27-20-16-14-12-10-11-13-15-17-21-29-35-45-53-61-78(83)96-75(66-90-77(82)60-52-44-38-37-41-49-57-71(6)7)68-94-98(87,88)92-64-73(80)63-91-97(85,86)93-67-74(65-89-76(81)59-51-43-34-28-24-23-26-32-40-48-56-70(4)5)95-79(84)62-54-46-36-30-22-18-19-25-31-39-47-55-69(2)3/h69-75,80H,9-68H2,1-8H3,(H,85,86)(H,87,88)/t72?,73-,74-,75-/m1/s1. The van der Waals surface area contributed by atoms with E-state index in [1.54, 1.807) is 0 Å². The molecule has 98 heavy (non-hydrogen) atoms. The van der Waals surface area contributed by atoms with Crippen molar-refractivity contribution in [2.45, 2.75) is 420 Å². The molecule has 0 fully saturated rings. The molecule has 582 valence electrons. The Bertz CT molecular complexity index is 1920. The van der Waals surface area contributed by atoms with E-state index in [0.29, 0.717) is 31.6 Å². The molecule has 0 saturated heterocycles. The summed E-state index contributed by atoms with van der Waals surface area (Å²) in [4.78, 5) is 72.9. The van der Waals surface area contributed by atoms with Gasteiger partial charge in [-0.2, -0.15) is 0 Å². The van der Waals surface area contributed by atoms with Crippen molar-refractivity contribution in [3.05, 3.63) is 0 Å². The van der Waals surface area contributed by atoms with Crippen molar-refractivity contribution in [3.8, 4) is 0 Å². The molecule has 0 rings (SSSR count). The Morgan fingerprint density at radius 2 is 0.490 bits per heavy atom. The van der Waals surface area contributed by atoms with Gasteiger partial charge in [0.1, 0.15) is 19.3 Å². The molecule has 0 aliphatic rings. The topological polar surface area (TPSA) is 237 Å². The van der Waals surface area contributed by atoms with E-state index in [0.717, 1.165) is 114 Å². The first-order chi connectivity index (χ1) is 47.1. The Labute approximate surface area is 600 Å². The minimum atomic E-state index is -4.96. The second kappa shape index (κ2) is 68.2. The van der Waals surface area contributed by atoms with Crippen molar-refractivity contribution < 1.29 is 80.2 Å². The third-order valence-corrected chi connectivity index (χ3v) is 20.6. The van der Waals surface area contributed by atoms with Gasteiger partial charge in [-0.1, -0.05) is 351 Å². The highest BCUT2D eigenvalue weighted by Gasteiger charge is 2.30. The van der Waals surface area contributed by atoms with Crippen LogP contribution in [0.2, 0.25) is 0 Å². The highest BCUT2D eigenvalue weighted by atomic mass is 31.2. The molecule has 0 radical (unpaired) electrons. The summed E-state index contributed by atoms with van der Waals surface area (Å²) in [6, 6.07) is 0. The highest BCUT2D eigenvalue weighted by Crippen LogP contribution is 2.45. The summed E-state index contributed by atoms with van der Waals surface area (Å²) in [5.41, 5.74) is 0. The number of aliphatic hydroxyl groups excluding tert-OH is 1. The van der Waals surface area contributed by atoms with Gasteiger partial charge in [0.2, 0.25) is 0 Å². The lowest BCUT2D eigenvalue weighted by molar-refractivity contribution is -0.161. The number of unbranched alkanes of at least 4 members (excludes halogenated alkanes) is 41. The molecule has 6 atom stereocenters. The van der Waals surface area contributed by atoms with Gasteiger partial charge in [-0.25, -0.2) is 9.13 Å². The minimum absolute atomic E-state index is 0.106. The predicted molar refractivity (Wildman–Crippen MR) is 400 cm³/mol. The average Bonchev–Trinajstić information content (AvgIpc) is 1.06. The van der Waals surface area contributed by atoms with Crippen LogP contribution in [-0.4, -0.2) is 96.7 Å². The quantitative estimate of drug-likeness (QED) is 0.0222. The zero-order chi connectivity index (χ0) is 72.4. The van der Waals surface area contributed by atoms with Crippen LogP contribution in [0, 0.1) is 23.7 Å². The van der Waals surface area contributed by atoms with Crippen LogP contribution in [0.3, 0.4) is 0 Å². The smallest absolute Gasteiger partial charge is 0.462 e. The van der Waals surface area contributed by atoms with Crippen molar-refractivity contribution in [2.75, 3.05) is 39.6 Å². The largest absolute Gasteiger partial charge is 0.472 e. The number of carbonyl (C=O) groups is 4. The van der Waals surface area contributed by atoms with Gasteiger partial charge in [0.05, 0.1) is 26.4 Å². The summed E-state index contributed by atoms with van der Waals surface area (Å²) in [5, 5.41) is 10.6. The number of rotatable bonds is 76. The monoisotopic (exact) mass is 1440 g/mol. The number of carbonyl (C=O) groups excluding carboxylic acids is 4. The molecule has 0 aliphatic carbocycles. The molecule has 0 saturated carbocycles. The van der Waals surface area contributed by atoms with Gasteiger partial charge in [-0.15, -0.1) is 0 Å². The summed E-state index contributed by atoms with van der Waals surface area (Å²) < 4.78 is 68.6. The molecule has 0 heterocycles. The fraction of sp³-hybridized carbons (Fsp3) is 0.949. The summed E-state index contributed by atoms with van der Waals surface area (Å²) in [6.45, 7) is 14.2. The maximum absolute atomic E-state index is 13.1. The van der Waals surface area contributed by atoms with Gasteiger partial charge in [0.25, 0.3) is 0 Å². The predicted octanol–water partition coefficient (Wildman–Crippen LogP) is 23.2. The van der Waals surface area contributed by atoms with Crippen molar-refractivity contribution in [1.29, 1.82) is 0 Å². The van der Waals surface area contributed by atoms with E-state index in [1.807, 2.05) is 0 Å². The molecule has 17 nitrogen and oxygen atoms in total. The maximum Gasteiger partial charge on any atom is 0.472 e. The van der Waals surface area contributed by atoms with Gasteiger partial charge < -0.3 is 33.8 Å². The van der Waals surface area contributed by atoms with Crippen LogP contribution in [-0.2, 0) is 65.4 Å². The van der Waals surface area contributed by atoms with Crippen LogP contribution in [0.4, 0.5) is 0 Å². The first kappa shape index (κ1) is 96.1. The van der Waals surface area contributed by atoms with E-state index in [2.05, 4.69) is 55.4 Å². The number of hydrogen-bond donors (Lipinski definition) is 3. The van der Waals surface area contributed by atoms with E-state index in [-0.39, 0.29) is 25.7 Å². The van der Waals surface area contributed by atoms with Crippen LogP contribution >= 0.6 is 15.6 Å². The van der Waals surface area contributed by atoms with Gasteiger partial charge >= 0.3 is 39.5 Å². The zero-order valence-electron chi connectivity index (χ0n) is 64.4. The van der Waals surface area contributed by atoms with Gasteiger partial charge in [0, 0.05) is 25.7 Å². The summed E-state index contributed by atoms with van der Waals surface area (Å²) in [6.07, 6.45) is 54.3. The van der Waals surface area contributed by atoms with Gasteiger partial charge in [-0.05, 0) is 49.4 Å². The van der Waals surface area contributed by atoms with Crippen LogP contribution < -0.4 is 0 Å². The zero-order valence-corrected chi connectivity index (χ0v) is 66.2. The molecule has 0 bridgehead atoms. The Balaban J connectivity index is 5.17. The fourth-order valence-corrected chi connectivity index (χ4v) is 13.6. The second-order valence-corrected chi connectivity index (χ2v) is 33.0. The molecule has 0 aliphatic heterocycles. The Morgan fingerprint density at radius 1 is 0.286 bits per heavy atom. The average molecular weight is 1440 g/mol. The number of esters is 4. The lowest BCUT2D eigenvalue weighted by Gasteiger charge is -2.21. The first-order valence-corrected chi connectivity index (χ1v) is 43.7. The van der Waals surface area contributed by atoms with Crippen molar-refractivity contribution in [1.82, 2.24) is 0 Å². The summed E-state index contributed by atoms with van der Waals surface area (Å²) >= 11 is 0. The third-order valence-electron chi connectivity index (χ3n) is 18.7. The number of aliphatic hydroxyl groups is 1. The van der Waals surface area contributed by atoms with E-state index >= 15 is 0 Å². The molecular formula is C79H154O17P2. The van der Waals surface area contributed by atoms with Crippen LogP contribution in [0.15, 0.2) is 0 Å². The number of hydrogen-bond acceptors (Lipinski definition) is 15. The highest BCUT2D eigenvalue weighted by molar-refractivity contribution is 7.47. The van der Waals surface area contributed by atoms with Gasteiger partial charge in [0.15, 0.2) is 12.2 Å². The van der Waals surface area contributed by atoms with E-state index in [4.69, 9.17) is 37.0 Å². The first-order valence-electron chi connectivity index (χ1n) is 40.7. The molecule has 0 amide bonds. The number of phosphoric acid groups is 2. The van der Waals surface area contributed by atoms with Crippen molar-refractivity contribution in [2.24, 2.45) is 23.7 Å². The lowest BCUT2D eigenvalue weighted by atomic mass is 9.99. The molecule has 3 unspecified atom stereocenters. The van der Waals surface area contributed by atoms with Crippen LogP contribution in [0.1, 0.15) is 402 Å². The number of phosphoric ester groups is 2. The van der Waals surface area contributed by atoms with Crippen LogP contribution in [0.25, 0.3) is 0 Å². The van der Waals surface area contributed by atoms with E-state index < -0.39 is 97.5 Å². The second-order valence-electron chi connectivity index (χ2n) is 30.1. The van der Waals surface area contributed by atoms with E-state index in [9.17, 15) is 43.2 Å². The normalized spacial score (nSPS) is 14.3. The minimum Gasteiger partial charge on any atom is -0.462 e. The fourth-order valence-electron chi connectivity index (χ4n) is 12.0. The summed E-state index contributed by atoms with van der Waals surface area (Å²) in [7, 11) is -9.92. The van der Waals surface area contributed by atoms with Crippen molar-refractivity contribution >= 4 is 39.5 Å². The summed E-state index contributed by atoms with van der Waals surface area (Å²) in [5.74, 6) is 0.954. The third kappa shape index (κ3) is 71.1. The lowest BCUT2D eigenvalue weighted by Crippen LogP contribution is -2.30. The van der Waals surface area contributed by atoms with Crippen molar-refractivity contribution in [3.63, 3.8) is 0 Å². The maximum atomic E-state index is 13.1. The van der Waals surface area contributed by atoms with E-state index in [1.165, 1.54) is 199 Å². The Kier molecular flexibility index (Phi) is 66.8.